The lowest BCUT2D eigenvalue weighted by Gasteiger charge is -2.17. The van der Waals surface area contributed by atoms with Gasteiger partial charge in [0.15, 0.2) is 0 Å². The number of amides is 1. The number of carbonyl (C=O) groups excluding carboxylic acids is 1. The topological polar surface area (TPSA) is 95.4 Å². The number of hydrogen-bond acceptors (Lipinski definition) is 5. The number of aromatic amines is 1. The molecule has 1 amide bonds. The Morgan fingerprint density at radius 1 is 1.45 bits per heavy atom. The highest BCUT2D eigenvalue weighted by atomic mass is 16.2. The van der Waals surface area contributed by atoms with Gasteiger partial charge in [-0.2, -0.15) is 9.50 Å². The second-order valence-electron chi connectivity index (χ2n) is 4.33. The molecule has 0 radical (unpaired) electrons. The number of nitrogens with one attached hydrogen (secondary N) is 2. The van der Waals surface area contributed by atoms with Gasteiger partial charge in [0.1, 0.15) is 12.1 Å². The van der Waals surface area contributed by atoms with Crippen LogP contribution >= 0.6 is 0 Å². The summed E-state index contributed by atoms with van der Waals surface area (Å²) in [6, 6.07) is 1.26. The van der Waals surface area contributed by atoms with Crippen molar-refractivity contribution in [3.63, 3.8) is 0 Å². The number of fused-ring (bicyclic) bond motifs is 1. The van der Waals surface area contributed by atoms with Gasteiger partial charge in [0.25, 0.3) is 11.3 Å². The fraction of sp³-hybridized carbons (Fsp3) is 0.500. The molecule has 0 spiro atoms. The average molecular weight is 278 g/mol. The van der Waals surface area contributed by atoms with Crippen LogP contribution in [0.3, 0.4) is 0 Å². The molecule has 108 valence electrons. The van der Waals surface area contributed by atoms with Gasteiger partial charge < -0.3 is 10.2 Å². The van der Waals surface area contributed by atoms with Crippen LogP contribution in [-0.4, -0.2) is 50.0 Å². The molecule has 0 fully saturated rings. The Morgan fingerprint density at radius 3 is 2.90 bits per heavy atom. The van der Waals surface area contributed by atoms with Crippen molar-refractivity contribution < 1.29 is 4.79 Å². The molecule has 2 aromatic rings. The molecule has 0 aliphatic rings. The van der Waals surface area contributed by atoms with Gasteiger partial charge in [0.2, 0.25) is 5.91 Å². The number of carbonyl (C=O) groups is 1. The van der Waals surface area contributed by atoms with E-state index in [1.54, 1.807) is 0 Å². The van der Waals surface area contributed by atoms with Crippen LogP contribution in [0.25, 0.3) is 5.78 Å². The van der Waals surface area contributed by atoms with E-state index < -0.39 is 0 Å². The van der Waals surface area contributed by atoms with Gasteiger partial charge in [-0.15, -0.1) is 0 Å². The molecule has 0 bridgehead atoms. The molecule has 0 saturated carbocycles. The molecular formula is C12H18N6O2. The summed E-state index contributed by atoms with van der Waals surface area (Å²) in [5.41, 5.74) is -0.313. The first-order valence-electron chi connectivity index (χ1n) is 6.59. The highest BCUT2D eigenvalue weighted by Crippen LogP contribution is 2.01. The van der Waals surface area contributed by atoms with Gasteiger partial charge in [-0.25, -0.2) is 4.98 Å². The lowest BCUT2D eigenvalue weighted by atomic mass is 10.3. The lowest BCUT2D eigenvalue weighted by molar-refractivity contribution is -0.116. The number of hydrogen-bond donors (Lipinski definition) is 2. The summed E-state index contributed by atoms with van der Waals surface area (Å²) in [6.07, 6.45) is 1.74. The Hall–Kier alpha value is -2.22. The van der Waals surface area contributed by atoms with E-state index in [1.165, 1.54) is 16.9 Å². The van der Waals surface area contributed by atoms with E-state index in [0.29, 0.717) is 13.0 Å². The van der Waals surface area contributed by atoms with Crippen molar-refractivity contribution >= 4 is 17.5 Å². The zero-order valence-electron chi connectivity index (χ0n) is 11.6. The number of rotatable bonds is 6. The third-order valence-electron chi connectivity index (χ3n) is 3.08. The second kappa shape index (κ2) is 6.29. The Labute approximate surface area is 115 Å². The summed E-state index contributed by atoms with van der Waals surface area (Å²) >= 11 is 0. The van der Waals surface area contributed by atoms with E-state index in [1.807, 2.05) is 0 Å². The second-order valence-corrected chi connectivity index (χ2v) is 4.33. The third-order valence-corrected chi connectivity index (χ3v) is 3.08. The van der Waals surface area contributed by atoms with Crippen LogP contribution in [0.4, 0.5) is 5.82 Å². The van der Waals surface area contributed by atoms with E-state index in [9.17, 15) is 9.59 Å². The van der Waals surface area contributed by atoms with Gasteiger partial charge in [0, 0.05) is 19.0 Å². The predicted octanol–water partition coefficient (Wildman–Crippen LogP) is 0.0880. The summed E-state index contributed by atoms with van der Waals surface area (Å²) in [4.78, 5) is 33.6. The zero-order chi connectivity index (χ0) is 14.5. The Kier molecular flexibility index (Phi) is 4.46. The monoisotopic (exact) mass is 278 g/mol. The Morgan fingerprint density at radius 2 is 2.20 bits per heavy atom. The molecule has 0 unspecified atom stereocenters. The summed E-state index contributed by atoms with van der Waals surface area (Å²) in [5, 5.41) is 5.26. The van der Waals surface area contributed by atoms with Crippen molar-refractivity contribution in [3.8, 4) is 0 Å². The van der Waals surface area contributed by atoms with Gasteiger partial charge in [0.05, 0.1) is 0 Å². The van der Waals surface area contributed by atoms with E-state index in [4.69, 9.17) is 0 Å². The van der Waals surface area contributed by atoms with E-state index >= 15 is 0 Å². The van der Waals surface area contributed by atoms with Gasteiger partial charge in [-0.3, -0.25) is 14.7 Å². The molecule has 0 aromatic carbocycles. The van der Waals surface area contributed by atoms with Crippen molar-refractivity contribution in [1.29, 1.82) is 0 Å². The summed E-state index contributed by atoms with van der Waals surface area (Å²) in [7, 11) is 0. The molecule has 0 saturated heterocycles. The van der Waals surface area contributed by atoms with Gasteiger partial charge in [-0.05, 0) is 13.1 Å². The standard InChI is InChI=1S/C12H18N6O2/c1-3-17(4-2)6-5-10(19)15-9-7-11(20)18-12(16-9)13-8-14-18/h7-8H,3-6H2,1-2H3,(H,15,19)(H,13,14,16). The smallest absolute Gasteiger partial charge is 0.276 e. The first kappa shape index (κ1) is 14.2. The van der Waals surface area contributed by atoms with Crippen LogP contribution in [0.1, 0.15) is 20.3 Å². The Bertz CT molecular complexity index is 643. The molecular weight excluding hydrogens is 260 g/mol. The maximum absolute atomic E-state index is 11.8. The predicted molar refractivity (Wildman–Crippen MR) is 74.6 cm³/mol. The van der Waals surface area contributed by atoms with Crippen LogP contribution < -0.4 is 10.9 Å². The SMILES string of the molecule is CCN(CC)CCC(=O)Nc1cc(=O)n2[nH]cnc2n1. The lowest BCUT2D eigenvalue weighted by Crippen LogP contribution is -2.28. The summed E-state index contributed by atoms with van der Waals surface area (Å²) in [6.45, 7) is 6.60. The van der Waals surface area contributed by atoms with Gasteiger partial charge in [-0.1, -0.05) is 13.8 Å². The summed E-state index contributed by atoms with van der Waals surface area (Å²) in [5.74, 6) is 0.298. The zero-order valence-corrected chi connectivity index (χ0v) is 11.6. The minimum Gasteiger partial charge on any atom is -0.310 e. The number of anilines is 1. The normalized spacial score (nSPS) is 11.2. The highest BCUT2D eigenvalue weighted by molar-refractivity contribution is 5.89. The van der Waals surface area contributed by atoms with Crippen molar-refractivity contribution in [3.05, 3.63) is 22.7 Å². The first-order valence-corrected chi connectivity index (χ1v) is 6.59. The molecule has 0 atom stereocenters. The van der Waals surface area contributed by atoms with Crippen LogP contribution in [0.15, 0.2) is 17.2 Å². The van der Waals surface area contributed by atoms with Crippen LogP contribution in [0, 0.1) is 0 Å². The molecule has 2 N–H and O–H groups in total. The largest absolute Gasteiger partial charge is 0.310 e. The number of H-pyrrole nitrogens is 1. The molecule has 2 rings (SSSR count). The molecule has 8 nitrogen and oxygen atoms in total. The minimum absolute atomic E-state index is 0.163. The number of nitrogens with zero attached hydrogens (tertiary/aromatic N) is 4. The molecule has 0 aliphatic heterocycles. The molecule has 2 heterocycles. The van der Waals surface area contributed by atoms with Crippen LogP contribution in [-0.2, 0) is 4.79 Å². The number of aromatic nitrogens is 4. The summed E-state index contributed by atoms with van der Waals surface area (Å²) < 4.78 is 1.20. The fourth-order valence-electron chi connectivity index (χ4n) is 1.89. The minimum atomic E-state index is -0.313. The fourth-order valence-corrected chi connectivity index (χ4v) is 1.89. The first-order chi connectivity index (χ1) is 9.63. The molecule has 8 heteroatoms. The maximum Gasteiger partial charge on any atom is 0.276 e. The van der Waals surface area contributed by atoms with Crippen molar-refractivity contribution in [2.24, 2.45) is 0 Å². The highest BCUT2D eigenvalue weighted by Gasteiger charge is 2.09. The maximum atomic E-state index is 11.8. The van der Waals surface area contributed by atoms with E-state index in [-0.39, 0.29) is 23.1 Å². The molecule has 0 aliphatic carbocycles. The molecule has 2 aromatic heterocycles. The average Bonchev–Trinajstić information content (AvgIpc) is 2.88. The van der Waals surface area contributed by atoms with Crippen molar-refractivity contribution in [2.45, 2.75) is 20.3 Å². The van der Waals surface area contributed by atoms with Gasteiger partial charge >= 0.3 is 0 Å². The third kappa shape index (κ3) is 3.21. The van der Waals surface area contributed by atoms with Crippen LogP contribution in [0.5, 0.6) is 0 Å². The quantitative estimate of drug-likeness (QED) is 0.780. The van der Waals surface area contributed by atoms with E-state index in [0.717, 1.165) is 13.1 Å². The van der Waals surface area contributed by atoms with Crippen molar-refractivity contribution in [1.82, 2.24) is 24.5 Å². The Balaban J connectivity index is 2.01. The molecule has 20 heavy (non-hydrogen) atoms. The van der Waals surface area contributed by atoms with Crippen LogP contribution in [0.2, 0.25) is 0 Å². The van der Waals surface area contributed by atoms with E-state index in [2.05, 4.69) is 39.1 Å². The van der Waals surface area contributed by atoms with Crippen molar-refractivity contribution in [2.75, 3.05) is 25.0 Å².